The van der Waals surface area contributed by atoms with Crippen LogP contribution in [0, 0.1) is 11.3 Å². The first-order chi connectivity index (χ1) is 14.1. The van der Waals surface area contributed by atoms with E-state index in [-0.39, 0.29) is 23.5 Å². The Hall–Kier alpha value is -2.13. The smallest absolute Gasteiger partial charge is 0.233 e. The second-order valence-electron chi connectivity index (χ2n) is 6.24. The molecule has 0 bridgehead atoms. The van der Waals surface area contributed by atoms with Gasteiger partial charge in [-0.3, -0.25) is 14.5 Å². The second-order valence-corrected chi connectivity index (χ2v) is 9.66. The van der Waals surface area contributed by atoms with Crippen LogP contribution < -0.4 is 5.73 Å². The predicted octanol–water partition coefficient (Wildman–Crippen LogP) is 1.62. The van der Waals surface area contributed by atoms with Gasteiger partial charge < -0.3 is 10.6 Å². The molecule has 1 aliphatic rings. The van der Waals surface area contributed by atoms with E-state index in [9.17, 15) is 14.9 Å². The molecule has 152 valence electrons. The zero-order valence-electron chi connectivity index (χ0n) is 15.6. The minimum Gasteiger partial charge on any atom is -0.369 e. The molecule has 1 aliphatic heterocycles. The van der Waals surface area contributed by atoms with Crippen LogP contribution in [-0.2, 0) is 9.59 Å². The summed E-state index contributed by atoms with van der Waals surface area (Å²) in [5.74, 6) is 0.0917. The fourth-order valence-corrected chi connectivity index (χ4v) is 5.56. The predicted molar refractivity (Wildman–Crippen MR) is 114 cm³/mol. The molecule has 0 aliphatic carbocycles. The Morgan fingerprint density at radius 3 is 2.31 bits per heavy atom. The Bertz CT molecular complexity index is 877. The number of rotatable bonds is 8. The lowest BCUT2D eigenvalue weighted by Crippen LogP contribution is -2.50. The molecule has 2 amide bonds. The molecule has 0 spiro atoms. The topological polar surface area (TPSA) is 116 Å². The average Bonchev–Trinajstić information content (AvgIpc) is 3.20. The number of carbonyl (C=O) groups excluding carboxylic acids is 2. The normalized spacial score (nSPS) is 15.6. The van der Waals surface area contributed by atoms with Crippen LogP contribution in [0.3, 0.4) is 0 Å². The minimum absolute atomic E-state index is 0.0457. The highest BCUT2D eigenvalue weighted by atomic mass is 32.2. The zero-order chi connectivity index (χ0) is 20.6. The maximum atomic E-state index is 12.5. The van der Waals surface area contributed by atoms with E-state index in [1.54, 1.807) is 0 Å². The van der Waals surface area contributed by atoms with Gasteiger partial charge in [0.25, 0.3) is 0 Å². The SMILES string of the molecule is N#C[C@H](c1ccccc1)N1CCN(C(=O)CSc2nnc(SCC(N)=O)s2)CC1. The summed E-state index contributed by atoms with van der Waals surface area (Å²) in [6.45, 7) is 2.52. The van der Waals surface area contributed by atoms with Crippen LogP contribution >= 0.6 is 34.9 Å². The molecule has 11 heteroatoms. The number of primary amides is 1. The Labute approximate surface area is 181 Å². The van der Waals surface area contributed by atoms with Gasteiger partial charge in [-0.15, -0.1) is 10.2 Å². The highest BCUT2D eigenvalue weighted by Crippen LogP contribution is 2.29. The number of carbonyl (C=O) groups is 2. The van der Waals surface area contributed by atoms with E-state index in [0.717, 1.165) is 5.56 Å². The summed E-state index contributed by atoms with van der Waals surface area (Å²) in [4.78, 5) is 27.3. The number of hydrogen-bond acceptors (Lipinski definition) is 9. The van der Waals surface area contributed by atoms with E-state index < -0.39 is 5.91 Å². The maximum absolute atomic E-state index is 12.5. The molecule has 0 unspecified atom stereocenters. The third-order valence-corrected chi connectivity index (χ3v) is 7.51. The molecule has 29 heavy (non-hydrogen) atoms. The molecule has 0 radical (unpaired) electrons. The number of piperazine rings is 1. The summed E-state index contributed by atoms with van der Waals surface area (Å²) in [6.07, 6.45) is 0. The molecular formula is C18H20N6O2S3. The van der Waals surface area contributed by atoms with Gasteiger partial charge in [-0.05, 0) is 5.56 Å². The van der Waals surface area contributed by atoms with Crippen LogP contribution in [0.5, 0.6) is 0 Å². The molecule has 2 aromatic rings. The van der Waals surface area contributed by atoms with Crippen molar-refractivity contribution >= 4 is 46.7 Å². The van der Waals surface area contributed by atoms with Gasteiger partial charge in [0.1, 0.15) is 6.04 Å². The van der Waals surface area contributed by atoms with Gasteiger partial charge in [-0.1, -0.05) is 65.2 Å². The van der Waals surface area contributed by atoms with Crippen molar-refractivity contribution in [1.29, 1.82) is 5.26 Å². The first-order valence-electron chi connectivity index (χ1n) is 8.90. The Morgan fingerprint density at radius 1 is 1.10 bits per heavy atom. The number of nitrogens with two attached hydrogens (primary N) is 1. The molecule has 1 aromatic carbocycles. The van der Waals surface area contributed by atoms with Gasteiger partial charge in [0, 0.05) is 26.2 Å². The fraction of sp³-hybridized carbons (Fsp3) is 0.389. The maximum Gasteiger partial charge on any atom is 0.233 e. The van der Waals surface area contributed by atoms with Gasteiger partial charge in [-0.25, -0.2) is 0 Å². The number of nitrogens with zero attached hydrogens (tertiary/aromatic N) is 5. The standard InChI is InChI=1S/C18H20N6O2S3/c19-10-14(13-4-2-1-3-5-13)23-6-8-24(9-7-23)16(26)12-28-18-22-21-17(29-18)27-11-15(20)25/h1-5,14H,6-9,11-12H2,(H2,20,25)/t14-/m1/s1. The third-order valence-electron chi connectivity index (χ3n) is 4.31. The van der Waals surface area contributed by atoms with E-state index in [1.807, 2.05) is 35.2 Å². The number of amides is 2. The van der Waals surface area contributed by atoms with Crippen molar-refractivity contribution in [2.45, 2.75) is 14.7 Å². The summed E-state index contributed by atoms with van der Waals surface area (Å²) in [7, 11) is 0. The van der Waals surface area contributed by atoms with Gasteiger partial charge >= 0.3 is 0 Å². The number of hydrogen-bond donors (Lipinski definition) is 1. The van der Waals surface area contributed by atoms with Crippen molar-refractivity contribution in [3.8, 4) is 6.07 Å². The third kappa shape index (κ3) is 6.17. The van der Waals surface area contributed by atoms with E-state index in [4.69, 9.17) is 5.73 Å². The van der Waals surface area contributed by atoms with Crippen LogP contribution in [0.15, 0.2) is 39.0 Å². The van der Waals surface area contributed by atoms with Crippen molar-refractivity contribution in [2.75, 3.05) is 37.7 Å². The lowest BCUT2D eigenvalue weighted by molar-refractivity contribution is -0.130. The van der Waals surface area contributed by atoms with E-state index in [2.05, 4.69) is 21.2 Å². The molecule has 8 nitrogen and oxygen atoms in total. The van der Waals surface area contributed by atoms with Crippen LogP contribution in [0.4, 0.5) is 0 Å². The first kappa shape index (κ1) is 21.6. The van der Waals surface area contributed by atoms with Gasteiger partial charge in [-0.2, -0.15) is 5.26 Å². The molecule has 3 rings (SSSR count). The minimum atomic E-state index is -0.403. The number of aromatic nitrogens is 2. The number of thioether (sulfide) groups is 2. The van der Waals surface area contributed by atoms with Crippen LogP contribution in [0.25, 0.3) is 0 Å². The lowest BCUT2D eigenvalue weighted by Gasteiger charge is -2.37. The van der Waals surface area contributed by atoms with Crippen molar-refractivity contribution in [3.63, 3.8) is 0 Å². The van der Waals surface area contributed by atoms with Gasteiger partial charge in [0.05, 0.1) is 17.6 Å². The first-order valence-corrected chi connectivity index (χ1v) is 11.7. The van der Waals surface area contributed by atoms with Crippen LogP contribution in [0.2, 0.25) is 0 Å². The van der Waals surface area contributed by atoms with Crippen LogP contribution in [-0.4, -0.2) is 69.5 Å². The van der Waals surface area contributed by atoms with Crippen molar-refractivity contribution < 1.29 is 9.59 Å². The molecule has 2 N–H and O–H groups in total. The summed E-state index contributed by atoms with van der Waals surface area (Å²) in [6, 6.07) is 11.8. The van der Waals surface area contributed by atoms with E-state index >= 15 is 0 Å². The molecule has 0 saturated carbocycles. The monoisotopic (exact) mass is 448 g/mol. The summed E-state index contributed by atoms with van der Waals surface area (Å²) in [5.41, 5.74) is 6.10. The van der Waals surface area contributed by atoms with E-state index in [0.29, 0.717) is 34.9 Å². The highest BCUT2D eigenvalue weighted by molar-refractivity contribution is 8.03. The number of benzene rings is 1. The van der Waals surface area contributed by atoms with Gasteiger partial charge in [0.15, 0.2) is 8.68 Å². The van der Waals surface area contributed by atoms with Crippen molar-refractivity contribution in [2.24, 2.45) is 5.73 Å². The zero-order valence-corrected chi connectivity index (χ0v) is 18.0. The lowest BCUT2D eigenvalue weighted by atomic mass is 10.1. The Kier molecular flexibility index (Phi) is 7.88. The summed E-state index contributed by atoms with van der Waals surface area (Å²) in [5, 5.41) is 17.6. The largest absolute Gasteiger partial charge is 0.369 e. The molecule has 1 atom stereocenters. The molecule has 1 fully saturated rings. The van der Waals surface area contributed by atoms with Crippen molar-refractivity contribution in [1.82, 2.24) is 20.0 Å². The molecule has 1 aromatic heterocycles. The Morgan fingerprint density at radius 2 is 1.72 bits per heavy atom. The highest BCUT2D eigenvalue weighted by Gasteiger charge is 2.27. The molecule has 2 heterocycles. The average molecular weight is 449 g/mol. The van der Waals surface area contributed by atoms with Crippen molar-refractivity contribution in [3.05, 3.63) is 35.9 Å². The summed E-state index contributed by atoms with van der Waals surface area (Å²) < 4.78 is 1.35. The number of nitriles is 1. The Balaban J connectivity index is 1.45. The summed E-state index contributed by atoms with van der Waals surface area (Å²) >= 11 is 3.94. The van der Waals surface area contributed by atoms with Gasteiger partial charge in [0.2, 0.25) is 11.8 Å². The quantitative estimate of drug-likeness (QED) is 0.606. The second kappa shape index (κ2) is 10.6. The molecular weight excluding hydrogens is 428 g/mol. The molecule has 1 saturated heterocycles. The fourth-order valence-electron chi connectivity index (χ4n) is 2.89. The van der Waals surface area contributed by atoms with E-state index in [1.165, 1.54) is 34.9 Å². The van der Waals surface area contributed by atoms with Crippen LogP contribution in [0.1, 0.15) is 11.6 Å².